The normalized spacial score (nSPS) is 11.1. The molecule has 17 heavy (non-hydrogen) atoms. The number of hydrogen-bond donors (Lipinski definition) is 2. The van der Waals surface area contributed by atoms with Gasteiger partial charge < -0.3 is 11.1 Å². The van der Waals surface area contributed by atoms with Gasteiger partial charge in [0.1, 0.15) is 0 Å². The fourth-order valence-corrected chi connectivity index (χ4v) is 1.37. The summed E-state index contributed by atoms with van der Waals surface area (Å²) in [5.74, 6) is -0.220. The molecule has 5 heteroatoms. The van der Waals surface area contributed by atoms with Gasteiger partial charge in [0.2, 0.25) is 0 Å². The first-order chi connectivity index (χ1) is 7.74. The van der Waals surface area contributed by atoms with Gasteiger partial charge in [-0.1, -0.05) is 23.8 Å². The van der Waals surface area contributed by atoms with Crippen LogP contribution in [0.4, 0.5) is 0 Å². The van der Waals surface area contributed by atoms with Crippen molar-refractivity contribution in [1.29, 1.82) is 0 Å². The van der Waals surface area contributed by atoms with E-state index in [9.17, 15) is 4.79 Å². The highest BCUT2D eigenvalue weighted by Gasteiger charge is 2.24. The second-order valence-corrected chi connectivity index (χ2v) is 5.25. The van der Waals surface area contributed by atoms with Crippen molar-refractivity contribution in [3.63, 3.8) is 0 Å². The average Bonchev–Trinajstić information content (AvgIpc) is 2.21. The maximum atomic E-state index is 12.0. The van der Waals surface area contributed by atoms with E-state index < -0.39 is 5.54 Å². The van der Waals surface area contributed by atoms with Gasteiger partial charge in [0.25, 0.3) is 5.91 Å². The zero-order valence-corrected chi connectivity index (χ0v) is 11.6. The lowest BCUT2D eigenvalue weighted by Gasteiger charge is -2.24. The molecule has 0 heterocycles. The summed E-state index contributed by atoms with van der Waals surface area (Å²) in [7, 11) is 0. The van der Waals surface area contributed by atoms with Crippen LogP contribution in [0.5, 0.6) is 0 Å². The molecule has 0 atom stereocenters. The van der Waals surface area contributed by atoms with Crippen LogP contribution < -0.4 is 11.1 Å². The Bertz CT molecular complexity index is 472. The van der Waals surface area contributed by atoms with Gasteiger partial charge in [-0.05, 0) is 44.5 Å². The second-order valence-electron chi connectivity index (χ2n) is 4.41. The standard InChI is InChI=1S/C12H15ClN2OS/c1-7-6-8(4-5-9(7)13)10(16)15-12(2,3)11(14)17/h4-6H,1-3H3,(H2,14,17)(H,15,16). The molecule has 3 N–H and O–H groups in total. The average molecular weight is 271 g/mol. The van der Waals surface area contributed by atoms with Crippen molar-refractivity contribution in [3.05, 3.63) is 34.3 Å². The molecule has 0 saturated carbocycles. The van der Waals surface area contributed by atoms with E-state index in [4.69, 9.17) is 29.6 Å². The number of thiocarbonyl (C=S) groups is 1. The number of rotatable bonds is 3. The summed E-state index contributed by atoms with van der Waals surface area (Å²) in [5.41, 5.74) is 6.23. The molecule has 0 aliphatic rings. The van der Waals surface area contributed by atoms with Crippen LogP contribution in [0, 0.1) is 6.92 Å². The Morgan fingerprint density at radius 2 is 2.06 bits per heavy atom. The van der Waals surface area contributed by atoms with E-state index in [0.29, 0.717) is 10.6 Å². The lowest BCUT2D eigenvalue weighted by atomic mass is 10.0. The predicted molar refractivity (Wildman–Crippen MR) is 74.5 cm³/mol. The van der Waals surface area contributed by atoms with Gasteiger partial charge in [-0.2, -0.15) is 0 Å². The Kier molecular flexibility index (Phi) is 4.11. The van der Waals surface area contributed by atoms with E-state index in [1.807, 2.05) is 6.92 Å². The largest absolute Gasteiger partial charge is 0.391 e. The minimum atomic E-state index is -0.708. The number of benzene rings is 1. The van der Waals surface area contributed by atoms with E-state index >= 15 is 0 Å². The molecule has 0 saturated heterocycles. The monoisotopic (exact) mass is 270 g/mol. The summed E-state index contributed by atoms with van der Waals surface area (Å²) in [4.78, 5) is 12.2. The fraction of sp³-hybridized carbons (Fsp3) is 0.333. The molecular weight excluding hydrogens is 256 g/mol. The summed E-state index contributed by atoms with van der Waals surface area (Å²) in [6.07, 6.45) is 0. The molecule has 0 radical (unpaired) electrons. The molecule has 0 bridgehead atoms. The van der Waals surface area contributed by atoms with Crippen LogP contribution in [0.25, 0.3) is 0 Å². The van der Waals surface area contributed by atoms with E-state index in [-0.39, 0.29) is 10.9 Å². The first-order valence-corrected chi connectivity index (χ1v) is 5.91. The van der Waals surface area contributed by atoms with Gasteiger partial charge in [-0.15, -0.1) is 0 Å². The summed E-state index contributed by atoms with van der Waals surface area (Å²) in [5, 5.41) is 3.40. The molecule has 1 rings (SSSR count). The third-order valence-corrected chi connectivity index (χ3v) is 3.40. The van der Waals surface area contributed by atoms with Crippen molar-refractivity contribution in [1.82, 2.24) is 5.32 Å². The third-order valence-electron chi connectivity index (χ3n) is 2.46. The number of nitrogens with two attached hydrogens (primary N) is 1. The summed E-state index contributed by atoms with van der Waals surface area (Å²) in [6.45, 7) is 5.36. The topological polar surface area (TPSA) is 55.1 Å². The molecule has 92 valence electrons. The predicted octanol–water partition coefficient (Wildman–Crippen LogP) is 2.44. The smallest absolute Gasteiger partial charge is 0.252 e. The minimum Gasteiger partial charge on any atom is -0.391 e. The quantitative estimate of drug-likeness (QED) is 0.830. The van der Waals surface area contributed by atoms with Crippen molar-refractivity contribution >= 4 is 34.7 Å². The molecule has 0 aliphatic heterocycles. The van der Waals surface area contributed by atoms with E-state index in [1.165, 1.54) is 0 Å². The number of hydrogen-bond acceptors (Lipinski definition) is 2. The van der Waals surface area contributed by atoms with E-state index in [0.717, 1.165) is 5.56 Å². The van der Waals surface area contributed by atoms with Gasteiger partial charge in [-0.3, -0.25) is 4.79 Å². The second kappa shape index (κ2) is 5.02. The molecule has 1 aromatic rings. The van der Waals surface area contributed by atoms with Crippen LogP contribution in [-0.4, -0.2) is 16.4 Å². The highest BCUT2D eigenvalue weighted by molar-refractivity contribution is 7.80. The summed E-state index contributed by atoms with van der Waals surface area (Å²) < 4.78 is 0. The minimum absolute atomic E-state index is 0.220. The Morgan fingerprint density at radius 3 is 2.53 bits per heavy atom. The molecule has 0 aromatic heterocycles. The molecule has 0 fully saturated rings. The summed E-state index contributed by atoms with van der Waals surface area (Å²) >= 11 is 10.8. The summed E-state index contributed by atoms with van der Waals surface area (Å²) in [6, 6.07) is 5.09. The van der Waals surface area contributed by atoms with E-state index in [1.54, 1.807) is 32.0 Å². The molecule has 0 aliphatic carbocycles. The number of amides is 1. The zero-order chi connectivity index (χ0) is 13.2. The molecular formula is C12H15ClN2OS. The lowest BCUT2D eigenvalue weighted by molar-refractivity contribution is 0.0932. The third kappa shape index (κ3) is 3.41. The highest BCUT2D eigenvalue weighted by Crippen LogP contribution is 2.16. The molecule has 0 unspecified atom stereocenters. The Hall–Kier alpha value is -1.13. The van der Waals surface area contributed by atoms with Gasteiger partial charge in [0.15, 0.2) is 0 Å². The van der Waals surface area contributed by atoms with Gasteiger partial charge in [0, 0.05) is 10.6 Å². The van der Waals surface area contributed by atoms with Crippen molar-refractivity contribution in [3.8, 4) is 0 Å². The Labute approximate surface area is 111 Å². The number of carbonyl (C=O) groups is 1. The SMILES string of the molecule is Cc1cc(C(=O)NC(C)(C)C(N)=S)ccc1Cl. The highest BCUT2D eigenvalue weighted by atomic mass is 35.5. The van der Waals surface area contributed by atoms with Gasteiger partial charge in [0.05, 0.1) is 10.5 Å². The first kappa shape index (κ1) is 13.9. The van der Waals surface area contributed by atoms with Gasteiger partial charge in [-0.25, -0.2) is 0 Å². The van der Waals surface area contributed by atoms with Crippen LogP contribution >= 0.6 is 23.8 Å². The zero-order valence-electron chi connectivity index (χ0n) is 10.0. The fourth-order valence-electron chi connectivity index (χ4n) is 1.20. The Morgan fingerprint density at radius 1 is 1.47 bits per heavy atom. The van der Waals surface area contributed by atoms with Gasteiger partial charge >= 0.3 is 0 Å². The Balaban J connectivity index is 2.91. The number of carbonyl (C=O) groups excluding carboxylic acids is 1. The van der Waals surface area contributed by atoms with Crippen molar-refractivity contribution < 1.29 is 4.79 Å². The van der Waals surface area contributed by atoms with Crippen molar-refractivity contribution in [2.45, 2.75) is 26.3 Å². The number of halogens is 1. The van der Waals surface area contributed by atoms with Crippen molar-refractivity contribution in [2.75, 3.05) is 0 Å². The molecule has 1 amide bonds. The van der Waals surface area contributed by atoms with E-state index in [2.05, 4.69) is 5.32 Å². The molecule has 0 spiro atoms. The molecule has 3 nitrogen and oxygen atoms in total. The lowest BCUT2D eigenvalue weighted by Crippen LogP contribution is -2.52. The maximum Gasteiger partial charge on any atom is 0.252 e. The number of nitrogens with one attached hydrogen (secondary N) is 1. The van der Waals surface area contributed by atoms with Crippen LogP contribution in [-0.2, 0) is 0 Å². The van der Waals surface area contributed by atoms with Crippen LogP contribution in [0.1, 0.15) is 29.8 Å². The number of aryl methyl sites for hydroxylation is 1. The molecule has 1 aromatic carbocycles. The van der Waals surface area contributed by atoms with Crippen LogP contribution in [0.3, 0.4) is 0 Å². The first-order valence-electron chi connectivity index (χ1n) is 5.12. The van der Waals surface area contributed by atoms with Crippen LogP contribution in [0.15, 0.2) is 18.2 Å². The maximum absolute atomic E-state index is 12.0. The van der Waals surface area contributed by atoms with Crippen LogP contribution in [0.2, 0.25) is 5.02 Å². The van der Waals surface area contributed by atoms with Crippen molar-refractivity contribution in [2.24, 2.45) is 5.73 Å².